The molecule has 0 aliphatic carbocycles. The van der Waals surface area contributed by atoms with Crippen LogP contribution in [0.1, 0.15) is 24.1 Å². The number of β-amino-alcohol motifs (C(OH)–C–C–N with tert-alkyl or cyclic N) is 1. The topological polar surface area (TPSA) is 31.1 Å². The van der Waals surface area contributed by atoms with Crippen molar-refractivity contribution in [1.82, 2.24) is 4.90 Å². The number of rotatable bonds is 5. The van der Waals surface area contributed by atoms with Gasteiger partial charge in [-0.1, -0.05) is 59.6 Å². The van der Waals surface area contributed by atoms with E-state index in [0.717, 1.165) is 35.9 Å². The van der Waals surface area contributed by atoms with Crippen LogP contribution < -0.4 is 4.90 Å². The fourth-order valence-corrected chi connectivity index (χ4v) is 4.57. The predicted molar refractivity (Wildman–Crippen MR) is 132 cm³/mol. The van der Waals surface area contributed by atoms with Gasteiger partial charge >= 0.3 is 0 Å². The molecule has 1 heterocycles. The van der Waals surface area contributed by atoms with Crippen LogP contribution in [0.25, 0.3) is 4.85 Å². The number of benzene rings is 3. The normalized spacial score (nSPS) is 18.7. The Morgan fingerprint density at radius 1 is 0.938 bits per heavy atom. The van der Waals surface area contributed by atoms with E-state index in [0.29, 0.717) is 17.3 Å². The summed E-state index contributed by atoms with van der Waals surface area (Å²) in [5.41, 5.74) is 2.66. The number of anilines is 1. The number of piperazine rings is 1. The van der Waals surface area contributed by atoms with Crippen LogP contribution in [0, 0.1) is 6.57 Å². The minimum atomic E-state index is -1.02. The average molecular weight is 466 g/mol. The zero-order valence-corrected chi connectivity index (χ0v) is 19.4. The molecule has 1 aliphatic rings. The number of nitrogens with zero attached hydrogens (tertiary/aromatic N) is 3. The van der Waals surface area contributed by atoms with Crippen LogP contribution >= 0.6 is 23.2 Å². The molecule has 0 saturated carbocycles. The van der Waals surface area contributed by atoms with Crippen molar-refractivity contribution in [2.75, 3.05) is 31.1 Å². The highest BCUT2D eigenvalue weighted by Crippen LogP contribution is 2.34. The van der Waals surface area contributed by atoms with E-state index in [1.807, 2.05) is 43.3 Å². The van der Waals surface area contributed by atoms with Gasteiger partial charge in [-0.25, -0.2) is 4.85 Å². The quantitative estimate of drug-likeness (QED) is 0.447. The smallest absolute Gasteiger partial charge is 0.187 e. The molecule has 0 amide bonds. The lowest BCUT2D eigenvalue weighted by Crippen LogP contribution is -2.52. The van der Waals surface area contributed by atoms with E-state index in [4.69, 9.17) is 29.8 Å². The molecule has 164 valence electrons. The summed E-state index contributed by atoms with van der Waals surface area (Å²) in [6, 6.07) is 23.2. The molecule has 32 heavy (non-hydrogen) atoms. The Kier molecular flexibility index (Phi) is 6.74. The minimum Gasteiger partial charge on any atom is -0.384 e. The Morgan fingerprint density at radius 2 is 1.53 bits per heavy atom. The van der Waals surface area contributed by atoms with Gasteiger partial charge in [0.05, 0.1) is 18.2 Å². The fraction of sp³-hybridized carbons (Fsp3) is 0.269. The molecule has 3 aromatic carbocycles. The second-order valence-electron chi connectivity index (χ2n) is 8.40. The fourth-order valence-electron chi connectivity index (χ4n) is 4.32. The molecular weight excluding hydrogens is 441 g/mol. The van der Waals surface area contributed by atoms with Gasteiger partial charge in [-0.05, 0) is 54.4 Å². The molecule has 1 saturated heterocycles. The maximum atomic E-state index is 11.2. The largest absolute Gasteiger partial charge is 0.384 e. The molecule has 0 bridgehead atoms. The zero-order chi connectivity index (χ0) is 22.7. The van der Waals surface area contributed by atoms with Crippen molar-refractivity contribution in [1.29, 1.82) is 0 Å². The first-order valence-corrected chi connectivity index (χ1v) is 11.3. The molecule has 2 atom stereocenters. The number of hydrogen-bond acceptors (Lipinski definition) is 3. The van der Waals surface area contributed by atoms with Crippen molar-refractivity contribution in [2.45, 2.75) is 18.6 Å². The van der Waals surface area contributed by atoms with Crippen molar-refractivity contribution in [3.05, 3.63) is 105 Å². The number of aliphatic hydroxyl groups is 1. The molecule has 4 rings (SSSR count). The maximum Gasteiger partial charge on any atom is 0.187 e. The van der Waals surface area contributed by atoms with Gasteiger partial charge in [-0.3, -0.25) is 4.90 Å². The Bertz CT molecular complexity index is 1090. The van der Waals surface area contributed by atoms with E-state index in [1.54, 1.807) is 12.1 Å². The Hall–Kier alpha value is -2.55. The van der Waals surface area contributed by atoms with Gasteiger partial charge in [0.15, 0.2) is 5.69 Å². The predicted octanol–water partition coefficient (Wildman–Crippen LogP) is 6.32. The van der Waals surface area contributed by atoms with Gasteiger partial charge in [0.25, 0.3) is 0 Å². The lowest BCUT2D eigenvalue weighted by atomic mass is 9.93. The van der Waals surface area contributed by atoms with E-state index in [1.165, 1.54) is 5.56 Å². The van der Waals surface area contributed by atoms with Crippen molar-refractivity contribution in [3.8, 4) is 0 Å². The van der Waals surface area contributed by atoms with Gasteiger partial charge in [0.1, 0.15) is 0 Å². The highest BCUT2D eigenvalue weighted by Gasteiger charge is 2.33. The Labute approximate surface area is 199 Å². The summed E-state index contributed by atoms with van der Waals surface area (Å²) < 4.78 is 0. The zero-order valence-electron chi connectivity index (χ0n) is 17.9. The molecule has 1 fully saturated rings. The van der Waals surface area contributed by atoms with Crippen LogP contribution in [-0.2, 0) is 5.60 Å². The molecule has 0 unspecified atom stereocenters. The second-order valence-corrected chi connectivity index (χ2v) is 9.28. The molecule has 0 radical (unpaired) electrons. The summed E-state index contributed by atoms with van der Waals surface area (Å²) in [4.78, 5) is 8.12. The first-order valence-electron chi connectivity index (χ1n) is 10.6. The third-order valence-electron chi connectivity index (χ3n) is 6.03. The van der Waals surface area contributed by atoms with Crippen molar-refractivity contribution >= 4 is 34.6 Å². The highest BCUT2D eigenvalue weighted by atomic mass is 35.5. The van der Waals surface area contributed by atoms with Crippen LogP contribution in [0.4, 0.5) is 11.4 Å². The maximum absolute atomic E-state index is 11.2. The Balaban J connectivity index is 1.57. The summed E-state index contributed by atoms with van der Waals surface area (Å²) in [6.45, 7) is 11.9. The standard InChI is InChI=1S/C26H25Cl2N3O/c1-26(32,20-5-11-23(29-2)12-6-20)18-30-15-16-31(24-13-9-22(28)10-14-24)25(17-30)19-3-7-21(27)8-4-19/h3-14,25,32H,15-18H2,1H3/t25-,26+/m0/s1. The lowest BCUT2D eigenvalue weighted by molar-refractivity contribution is 0.0103. The first-order chi connectivity index (χ1) is 15.4. The van der Waals surface area contributed by atoms with Crippen molar-refractivity contribution in [2.24, 2.45) is 0 Å². The van der Waals surface area contributed by atoms with Crippen molar-refractivity contribution in [3.63, 3.8) is 0 Å². The van der Waals surface area contributed by atoms with Crippen molar-refractivity contribution < 1.29 is 5.11 Å². The molecule has 1 aliphatic heterocycles. The monoisotopic (exact) mass is 465 g/mol. The van der Waals surface area contributed by atoms with Crippen LogP contribution in [0.5, 0.6) is 0 Å². The number of halogens is 2. The summed E-state index contributed by atoms with van der Waals surface area (Å²) >= 11 is 12.2. The molecular formula is C26H25Cl2N3O. The molecule has 0 aromatic heterocycles. The average Bonchev–Trinajstić information content (AvgIpc) is 2.80. The third kappa shape index (κ3) is 5.09. The molecule has 4 nitrogen and oxygen atoms in total. The van der Waals surface area contributed by atoms with Gasteiger partial charge in [0, 0.05) is 41.9 Å². The van der Waals surface area contributed by atoms with Gasteiger partial charge < -0.3 is 10.0 Å². The summed E-state index contributed by atoms with van der Waals surface area (Å²) in [6.07, 6.45) is 0. The van der Waals surface area contributed by atoms with Crippen LogP contribution in [0.3, 0.4) is 0 Å². The van der Waals surface area contributed by atoms with Gasteiger partial charge in [-0.2, -0.15) is 0 Å². The second kappa shape index (κ2) is 9.52. The molecule has 3 aromatic rings. The van der Waals surface area contributed by atoms with Gasteiger partial charge in [-0.15, -0.1) is 0 Å². The van der Waals surface area contributed by atoms with Crippen LogP contribution in [0.15, 0.2) is 72.8 Å². The summed E-state index contributed by atoms with van der Waals surface area (Å²) in [7, 11) is 0. The van der Waals surface area contributed by atoms with E-state index >= 15 is 0 Å². The highest BCUT2D eigenvalue weighted by molar-refractivity contribution is 6.30. The first kappa shape index (κ1) is 22.6. The lowest BCUT2D eigenvalue weighted by Gasteiger charge is -2.45. The van der Waals surface area contributed by atoms with Crippen LogP contribution in [-0.4, -0.2) is 36.2 Å². The van der Waals surface area contributed by atoms with E-state index in [-0.39, 0.29) is 6.04 Å². The summed E-state index contributed by atoms with van der Waals surface area (Å²) in [5, 5.41) is 12.7. The SMILES string of the molecule is [C-]#[N+]c1ccc([C@](C)(O)CN2CCN(c3ccc(Cl)cc3)[C@H](c3ccc(Cl)cc3)C2)cc1. The van der Waals surface area contributed by atoms with Gasteiger partial charge in [0.2, 0.25) is 0 Å². The molecule has 1 N–H and O–H groups in total. The van der Waals surface area contributed by atoms with E-state index in [2.05, 4.69) is 38.9 Å². The molecule has 0 spiro atoms. The molecule has 6 heteroatoms. The Morgan fingerprint density at radius 3 is 2.12 bits per heavy atom. The third-order valence-corrected chi connectivity index (χ3v) is 6.53. The minimum absolute atomic E-state index is 0.113. The van der Waals surface area contributed by atoms with Crippen LogP contribution in [0.2, 0.25) is 10.0 Å². The number of hydrogen-bond donors (Lipinski definition) is 1. The van der Waals surface area contributed by atoms with E-state index < -0.39 is 5.60 Å². The summed E-state index contributed by atoms with van der Waals surface area (Å²) in [5.74, 6) is 0. The van der Waals surface area contributed by atoms with E-state index in [9.17, 15) is 5.11 Å².